The Balaban J connectivity index is 1.80. The van der Waals surface area contributed by atoms with E-state index in [9.17, 15) is 27.9 Å². The van der Waals surface area contributed by atoms with Gasteiger partial charge in [-0.05, 0) is 43.2 Å². The van der Waals surface area contributed by atoms with E-state index in [2.05, 4.69) is 5.10 Å². The standard InChI is InChI=1S/C27H28F3N5O5/c1-39-18-9-15(10-19(12-18)40-2)24-20-6-8-34(14-23(31)37)25(20)26(38)35(32-24)22-11-16(33-7-5-17(36)13-33)3-4-21(22)27(28,29)30/h3-4,9-12,17,36H,5-8,13-14H2,1-2H3,(H2,31,37)/t17-/m0/s1. The van der Waals surface area contributed by atoms with Crippen LogP contribution in [0.5, 0.6) is 11.5 Å². The molecule has 1 fully saturated rings. The number of nitrogens with zero attached hydrogens (tertiary/aromatic N) is 4. The number of β-amino-alcohol motifs (C(OH)–C–C–N with tert-alkyl or cyclic N) is 1. The highest BCUT2D eigenvalue weighted by Gasteiger charge is 2.37. The van der Waals surface area contributed by atoms with Crippen molar-refractivity contribution in [3.8, 4) is 28.4 Å². The first-order chi connectivity index (χ1) is 19.0. The molecule has 212 valence electrons. The van der Waals surface area contributed by atoms with Crippen molar-refractivity contribution in [2.75, 3.05) is 50.2 Å². The maximum atomic E-state index is 14.3. The molecule has 0 spiro atoms. The van der Waals surface area contributed by atoms with Crippen molar-refractivity contribution in [3.63, 3.8) is 0 Å². The third-order valence-electron chi connectivity index (χ3n) is 7.13. The molecular weight excluding hydrogens is 531 g/mol. The van der Waals surface area contributed by atoms with Gasteiger partial charge in [0.15, 0.2) is 0 Å². The molecule has 0 aliphatic carbocycles. The number of alkyl halides is 3. The number of aromatic nitrogens is 2. The highest BCUT2D eigenvalue weighted by Crippen LogP contribution is 2.39. The number of primary amides is 1. The Bertz CT molecular complexity index is 1500. The van der Waals surface area contributed by atoms with E-state index in [4.69, 9.17) is 15.2 Å². The summed E-state index contributed by atoms with van der Waals surface area (Å²) in [4.78, 5) is 28.9. The van der Waals surface area contributed by atoms with E-state index in [0.717, 1.165) is 10.7 Å². The number of hydrogen-bond donors (Lipinski definition) is 2. The first-order valence-electron chi connectivity index (χ1n) is 12.6. The molecule has 40 heavy (non-hydrogen) atoms. The van der Waals surface area contributed by atoms with Crippen LogP contribution in [0.25, 0.3) is 16.9 Å². The van der Waals surface area contributed by atoms with Crippen LogP contribution in [0.4, 0.5) is 24.5 Å². The Kier molecular flexibility index (Phi) is 7.08. The van der Waals surface area contributed by atoms with Gasteiger partial charge in [0, 0.05) is 42.5 Å². The molecule has 0 unspecified atom stereocenters. The normalized spacial score (nSPS) is 16.8. The summed E-state index contributed by atoms with van der Waals surface area (Å²) < 4.78 is 54.3. The van der Waals surface area contributed by atoms with Crippen LogP contribution in [0.2, 0.25) is 0 Å². The lowest BCUT2D eigenvalue weighted by Gasteiger charge is -2.23. The SMILES string of the molecule is COc1cc(OC)cc(-c2nn(-c3cc(N4CC[C@H](O)C4)ccc3C(F)(F)F)c(=O)c3c2CCN3CC(N)=O)c1. The molecule has 0 bridgehead atoms. The van der Waals surface area contributed by atoms with E-state index in [1.54, 1.807) is 23.1 Å². The predicted molar refractivity (Wildman–Crippen MR) is 141 cm³/mol. The Morgan fingerprint density at radius 1 is 1.12 bits per heavy atom. The molecule has 2 aromatic carbocycles. The number of halogens is 3. The van der Waals surface area contributed by atoms with E-state index in [1.165, 1.54) is 31.3 Å². The lowest BCUT2D eigenvalue weighted by Crippen LogP contribution is -2.37. The van der Waals surface area contributed by atoms with E-state index in [0.29, 0.717) is 47.7 Å². The predicted octanol–water partition coefficient (Wildman–Crippen LogP) is 2.35. The third-order valence-corrected chi connectivity index (χ3v) is 7.13. The second kappa shape index (κ2) is 10.4. The van der Waals surface area contributed by atoms with Gasteiger partial charge in [-0.15, -0.1) is 0 Å². The maximum Gasteiger partial charge on any atom is 0.418 e. The lowest BCUT2D eigenvalue weighted by molar-refractivity contribution is -0.137. The van der Waals surface area contributed by atoms with Gasteiger partial charge in [0.25, 0.3) is 5.56 Å². The number of amides is 1. The highest BCUT2D eigenvalue weighted by atomic mass is 19.4. The molecular formula is C27H28F3N5O5. The molecule has 1 amide bonds. The summed E-state index contributed by atoms with van der Waals surface area (Å²) in [6, 6.07) is 8.40. The van der Waals surface area contributed by atoms with Gasteiger partial charge in [0.2, 0.25) is 5.91 Å². The molecule has 2 aliphatic rings. The van der Waals surface area contributed by atoms with Crippen LogP contribution in [-0.4, -0.2) is 67.3 Å². The summed E-state index contributed by atoms with van der Waals surface area (Å²) in [5, 5.41) is 14.5. The minimum atomic E-state index is -4.80. The molecule has 3 aromatic rings. The number of rotatable bonds is 7. The van der Waals surface area contributed by atoms with Crippen molar-refractivity contribution in [2.24, 2.45) is 5.73 Å². The van der Waals surface area contributed by atoms with Crippen molar-refractivity contribution in [1.82, 2.24) is 9.78 Å². The molecule has 5 rings (SSSR count). The first kappa shape index (κ1) is 27.3. The van der Waals surface area contributed by atoms with Crippen LogP contribution in [0, 0.1) is 0 Å². The van der Waals surface area contributed by atoms with Gasteiger partial charge in [-0.3, -0.25) is 9.59 Å². The molecule has 2 aliphatic heterocycles. The molecule has 10 nitrogen and oxygen atoms in total. The van der Waals surface area contributed by atoms with Crippen molar-refractivity contribution in [1.29, 1.82) is 0 Å². The van der Waals surface area contributed by atoms with Crippen molar-refractivity contribution in [2.45, 2.75) is 25.1 Å². The van der Waals surface area contributed by atoms with Gasteiger partial charge in [-0.2, -0.15) is 23.0 Å². The zero-order valence-corrected chi connectivity index (χ0v) is 21.9. The van der Waals surface area contributed by atoms with Crippen molar-refractivity contribution >= 4 is 17.3 Å². The van der Waals surface area contributed by atoms with Gasteiger partial charge in [0.1, 0.15) is 17.2 Å². The summed E-state index contributed by atoms with van der Waals surface area (Å²) in [6.45, 7) is 0.661. The van der Waals surface area contributed by atoms with Gasteiger partial charge in [-0.1, -0.05) is 0 Å². The van der Waals surface area contributed by atoms with Gasteiger partial charge in [0.05, 0.1) is 43.8 Å². The summed E-state index contributed by atoms with van der Waals surface area (Å²) in [7, 11) is 2.92. The number of ether oxygens (including phenoxy) is 2. The second-order valence-corrected chi connectivity index (χ2v) is 9.72. The lowest BCUT2D eigenvalue weighted by atomic mass is 10.0. The van der Waals surface area contributed by atoms with Crippen molar-refractivity contribution < 1.29 is 32.5 Å². The molecule has 0 radical (unpaired) electrons. The molecule has 1 saturated heterocycles. The Labute approximate surface area is 227 Å². The number of carbonyl (C=O) groups is 1. The Morgan fingerprint density at radius 3 is 2.40 bits per heavy atom. The Hall–Kier alpha value is -4.26. The van der Waals surface area contributed by atoms with Gasteiger partial charge < -0.3 is 30.1 Å². The van der Waals surface area contributed by atoms with E-state index in [-0.39, 0.29) is 31.0 Å². The quantitative estimate of drug-likeness (QED) is 0.453. The number of hydrogen-bond acceptors (Lipinski definition) is 8. The molecule has 13 heteroatoms. The van der Waals surface area contributed by atoms with Gasteiger partial charge >= 0.3 is 6.18 Å². The molecule has 3 heterocycles. The van der Waals surface area contributed by atoms with E-state index in [1.807, 2.05) is 0 Å². The fourth-order valence-corrected chi connectivity index (χ4v) is 5.26. The number of nitrogens with two attached hydrogens (primary N) is 1. The van der Waals surface area contributed by atoms with E-state index < -0.39 is 35.0 Å². The molecule has 1 atom stereocenters. The summed E-state index contributed by atoms with van der Waals surface area (Å²) in [6.07, 6.45) is -4.62. The summed E-state index contributed by atoms with van der Waals surface area (Å²) >= 11 is 0. The van der Waals surface area contributed by atoms with Crippen LogP contribution in [0.3, 0.4) is 0 Å². The number of aliphatic hydroxyl groups excluding tert-OH is 1. The monoisotopic (exact) mass is 559 g/mol. The van der Waals surface area contributed by atoms with E-state index >= 15 is 0 Å². The number of fused-ring (bicyclic) bond motifs is 1. The third kappa shape index (κ3) is 5.04. The van der Waals surface area contributed by atoms with Crippen molar-refractivity contribution in [3.05, 3.63) is 57.9 Å². The number of anilines is 2. The summed E-state index contributed by atoms with van der Waals surface area (Å²) in [5.41, 5.74) is 4.73. The zero-order chi connectivity index (χ0) is 28.8. The molecule has 3 N–H and O–H groups in total. The first-order valence-corrected chi connectivity index (χ1v) is 12.6. The average Bonchev–Trinajstić information content (AvgIpc) is 3.54. The maximum absolute atomic E-state index is 14.3. The summed E-state index contributed by atoms with van der Waals surface area (Å²) in [5.74, 6) is 0.145. The van der Waals surface area contributed by atoms with Crippen LogP contribution < -0.4 is 30.6 Å². The number of aliphatic hydroxyl groups is 1. The van der Waals surface area contributed by atoms with Crippen LogP contribution in [0.1, 0.15) is 17.5 Å². The fourth-order valence-electron chi connectivity index (χ4n) is 5.26. The highest BCUT2D eigenvalue weighted by molar-refractivity contribution is 5.82. The molecule has 0 saturated carbocycles. The largest absolute Gasteiger partial charge is 0.497 e. The average molecular weight is 560 g/mol. The minimum absolute atomic E-state index is 0.0562. The number of methoxy groups -OCH3 is 2. The number of carbonyl (C=O) groups excluding carboxylic acids is 1. The minimum Gasteiger partial charge on any atom is -0.497 e. The fraction of sp³-hybridized carbons (Fsp3) is 0.370. The zero-order valence-electron chi connectivity index (χ0n) is 21.9. The number of benzene rings is 2. The van der Waals surface area contributed by atoms with Crippen LogP contribution in [-0.2, 0) is 17.4 Å². The topological polar surface area (TPSA) is 123 Å². The van der Waals surface area contributed by atoms with Gasteiger partial charge in [-0.25, -0.2) is 0 Å². The second-order valence-electron chi connectivity index (χ2n) is 9.72. The van der Waals surface area contributed by atoms with Crippen LogP contribution in [0.15, 0.2) is 41.2 Å². The van der Waals surface area contributed by atoms with Crippen LogP contribution >= 0.6 is 0 Å². The molecule has 1 aromatic heterocycles. The Morgan fingerprint density at radius 2 is 1.82 bits per heavy atom. The smallest absolute Gasteiger partial charge is 0.418 e.